The van der Waals surface area contributed by atoms with Gasteiger partial charge in [0.2, 0.25) is 5.91 Å². The van der Waals surface area contributed by atoms with Crippen LogP contribution in [0.25, 0.3) is 0 Å². The lowest BCUT2D eigenvalue weighted by molar-refractivity contribution is -0.123. The number of amides is 2. The fraction of sp³-hybridized carbons (Fsp3) is 0.867. The van der Waals surface area contributed by atoms with Crippen molar-refractivity contribution in [2.24, 2.45) is 0 Å². The second kappa shape index (κ2) is 9.61. The number of unbranched alkanes of at least 4 members (excludes halogenated alkanes) is 2. The molecule has 0 spiro atoms. The van der Waals surface area contributed by atoms with E-state index in [1.807, 2.05) is 0 Å². The van der Waals surface area contributed by atoms with E-state index >= 15 is 0 Å². The highest BCUT2D eigenvalue weighted by molar-refractivity contribution is 5.85. The van der Waals surface area contributed by atoms with Crippen LogP contribution in [0.1, 0.15) is 66.7 Å². The Morgan fingerprint density at radius 1 is 1.10 bits per heavy atom. The van der Waals surface area contributed by atoms with Crippen LogP contribution >= 0.6 is 0 Å². The van der Waals surface area contributed by atoms with Crippen LogP contribution in [0.2, 0.25) is 0 Å². The summed E-state index contributed by atoms with van der Waals surface area (Å²) < 4.78 is 5.19. The second-order valence-corrected chi connectivity index (χ2v) is 5.99. The van der Waals surface area contributed by atoms with Crippen molar-refractivity contribution in [2.45, 2.75) is 78.4 Å². The first-order chi connectivity index (χ1) is 9.30. The molecule has 0 unspecified atom stereocenters. The molecule has 2 amide bonds. The molecular formula is C15H30N2O3. The van der Waals surface area contributed by atoms with Gasteiger partial charge in [0.15, 0.2) is 0 Å². The molecule has 5 heteroatoms. The highest BCUT2D eigenvalue weighted by Crippen LogP contribution is 2.08. The summed E-state index contributed by atoms with van der Waals surface area (Å²) >= 11 is 0. The van der Waals surface area contributed by atoms with Gasteiger partial charge < -0.3 is 15.4 Å². The molecule has 0 bridgehead atoms. The lowest BCUT2D eigenvalue weighted by Gasteiger charge is -2.23. The third kappa shape index (κ3) is 9.64. The number of ether oxygens (including phenoxy) is 1. The lowest BCUT2D eigenvalue weighted by atomic mass is 10.1. The molecule has 0 radical (unpaired) electrons. The monoisotopic (exact) mass is 286 g/mol. The highest BCUT2D eigenvalue weighted by Gasteiger charge is 2.23. The van der Waals surface area contributed by atoms with Crippen LogP contribution in [0.3, 0.4) is 0 Å². The number of alkyl carbamates (subject to hydrolysis) is 1. The average molecular weight is 286 g/mol. The van der Waals surface area contributed by atoms with Crippen LogP contribution in [0, 0.1) is 0 Å². The van der Waals surface area contributed by atoms with Crippen LogP contribution in [-0.4, -0.2) is 30.2 Å². The Hall–Kier alpha value is -1.26. The molecule has 0 aliphatic rings. The van der Waals surface area contributed by atoms with E-state index in [0.717, 1.165) is 25.7 Å². The molecule has 0 aliphatic heterocycles. The smallest absolute Gasteiger partial charge is 0.408 e. The Morgan fingerprint density at radius 3 is 2.20 bits per heavy atom. The van der Waals surface area contributed by atoms with Gasteiger partial charge >= 0.3 is 6.09 Å². The number of rotatable bonds is 8. The van der Waals surface area contributed by atoms with Gasteiger partial charge in [0.05, 0.1) is 0 Å². The van der Waals surface area contributed by atoms with Gasteiger partial charge in [0, 0.05) is 6.54 Å². The Bertz CT molecular complexity index is 298. The molecule has 5 nitrogen and oxygen atoms in total. The topological polar surface area (TPSA) is 67.4 Å². The maximum atomic E-state index is 12.0. The van der Waals surface area contributed by atoms with Crippen LogP contribution < -0.4 is 10.6 Å². The fourth-order valence-corrected chi connectivity index (χ4v) is 1.64. The van der Waals surface area contributed by atoms with E-state index < -0.39 is 17.7 Å². The van der Waals surface area contributed by atoms with Gasteiger partial charge in [-0.05, 0) is 33.6 Å². The quantitative estimate of drug-likeness (QED) is 0.674. The summed E-state index contributed by atoms with van der Waals surface area (Å²) in [5.74, 6) is -0.127. The van der Waals surface area contributed by atoms with Gasteiger partial charge in [-0.1, -0.05) is 33.1 Å². The number of hydrogen-bond acceptors (Lipinski definition) is 3. The molecule has 0 aromatic rings. The predicted octanol–water partition coefficient (Wildman–Crippen LogP) is 2.99. The van der Waals surface area contributed by atoms with Crippen LogP contribution in [0.15, 0.2) is 0 Å². The van der Waals surface area contributed by atoms with Crippen molar-refractivity contribution in [3.63, 3.8) is 0 Å². The van der Waals surface area contributed by atoms with Gasteiger partial charge in [0.25, 0.3) is 0 Å². The minimum Gasteiger partial charge on any atom is -0.444 e. The highest BCUT2D eigenvalue weighted by atomic mass is 16.6. The van der Waals surface area contributed by atoms with Crippen molar-refractivity contribution >= 4 is 12.0 Å². The predicted molar refractivity (Wildman–Crippen MR) is 80.6 cm³/mol. The second-order valence-electron chi connectivity index (χ2n) is 5.99. The summed E-state index contributed by atoms with van der Waals surface area (Å²) in [5.41, 5.74) is -0.557. The van der Waals surface area contributed by atoms with Crippen molar-refractivity contribution in [1.29, 1.82) is 0 Å². The number of carbonyl (C=O) groups excluding carboxylic acids is 2. The molecule has 0 fully saturated rings. The molecule has 2 N–H and O–H groups in total. The third-order valence-electron chi connectivity index (χ3n) is 2.68. The van der Waals surface area contributed by atoms with Gasteiger partial charge in [-0.2, -0.15) is 0 Å². The minimum atomic E-state index is -0.557. The largest absolute Gasteiger partial charge is 0.444 e. The molecular weight excluding hydrogens is 256 g/mol. The molecule has 1 atom stereocenters. The van der Waals surface area contributed by atoms with E-state index in [-0.39, 0.29) is 5.91 Å². The molecule has 0 aliphatic carbocycles. The van der Waals surface area contributed by atoms with Gasteiger partial charge in [0.1, 0.15) is 11.6 Å². The zero-order valence-electron chi connectivity index (χ0n) is 13.5. The van der Waals surface area contributed by atoms with Crippen molar-refractivity contribution in [3.05, 3.63) is 0 Å². The Morgan fingerprint density at radius 2 is 1.70 bits per heavy atom. The Labute approximate surface area is 122 Å². The zero-order chi connectivity index (χ0) is 15.6. The first-order valence-electron chi connectivity index (χ1n) is 7.57. The summed E-state index contributed by atoms with van der Waals surface area (Å²) in [6, 6.07) is -0.512. The maximum absolute atomic E-state index is 12.0. The SMILES string of the molecule is CCCCNC(=O)[C@H](CCCC)NC(=O)OC(C)(C)C. The number of hydrogen-bond donors (Lipinski definition) is 2. The lowest BCUT2D eigenvalue weighted by Crippen LogP contribution is -2.48. The van der Waals surface area contributed by atoms with E-state index in [4.69, 9.17) is 4.74 Å². The fourth-order valence-electron chi connectivity index (χ4n) is 1.64. The van der Waals surface area contributed by atoms with Gasteiger partial charge in [-0.15, -0.1) is 0 Å². The standard InChI is InChI=1S/C15H30N2O3/c1-6-8-10-12(13(18)16-11-9-7-2)17-14(19)20-15(3,4)5/h12H,6-11H2,1-5H3,(H,16,18)(H,17,19)/t12-/m0/s1. The molecule has 20 heavy (non-hydrogen) atoms. The average Bonchev–Trinajstić information content (AvgIpc) is 2.32. The maximum Gasteiger partial charge on any atom is 0.408 e. The molecule has 118 valence electrons. The van der Waals surface area contributed by atoms with Crippen LogP contribution in [-0.2, 0) is 9.53 Å². The molecule has 0 saturated carbocycles. The molecule has 0 rings (SSSR count). The van der Waals surface area contributed by atoms with Gasteiger partial charge in [-0.3, -0.25) is 4.79 Å². The normalized spacial score (nSPS) is 12.7. The van der Waals surface area contributed by atoms with E-state index in [2.05, 4.69) is 24.5 Å². The summed E-state index contributed by atoms with van der Waals surface area (Å²) in [7, 11) is 0. The summed E-state index contributed by atoms with van der Waals surface area (Å²) in [5, 5.41) is 5.51. The minimum absolute atomic E-state index is 0.127. The molecule has 0 heterocycles. The van der Waals surface area contributed by atoms with Crippen molar-refractivity contribution in [3.8, 4) is 0 Å². The third-order valence-corrected chi connectivity index (χ3v) is 2.68. The zero-order valence-corrected chi connectivity index (χ0v) is 13.5. The van der Waals surface area contributed by atoms with E-state index in [1.54, 1.807) is 20.8 Å². The summed E-state index contributed by atoms with van der Waals surface area (Å²) in [6.45, 7) is 10.2. The van der Waals surface area contributed by atoms with E-state index in [0.29, 0.717) is 13.0 Å². The van der Waals surface area contributed by atoms with Crippen molar-refractivity contribution in [1.82, 2.24) is 10.6 Å². The molecule has 0 aromatic heterocycles. The van der Waals surface area contributed by atoms with Crippen molar-refractivity contribution < 1.29 is 14.3 Å². The number of carbonyl (C=O) groups is 2. The van der Waals surface area contributed by atoms with Crippen LogP contribution in [0.4, 0.5) is 4.79 Å². The first-order valence-corrected chi connectivity index (χ1v) is 7.57. The molecule has 0 aromatic carbocycles. The summed E-state index contributed by atoms with van der Waals surface area (Å²) in [4.78, 5) is 23.8. The first kappa shape index (κ1) is 18.7. The van der Waals surface area contributed by atoms with Crippen LogP contribution in [0.5, 0.6) is 0 Å². The number of nitrogens with one attached hydrogen (secondary N) is 2. The summed E-state index contributed by atoms with van der Waals surface area (Å²) in [6.07, 6.45) is 3.94. The molecule has 0 saturated heterocycles. The Balaban J connectivity index is 4.39. The van der Waals surface area contributed by atoms with E-state index in [9.17, 15) is 9.59 Å². The van der Waals surface area contributed by atoms with E-state index in [1.165, 1.54) is 0 Å². The Kier molecular flexibility index (Phi) is 9.01. The van der Waals surface area contributed by atoms with Gasteiger partial charge in [-0.25, -0.2) is 4.79 Å². The van der Waals surface area contributed by atoms with Crippen molar-refractivity contribution in [2.75, 3.05) is 6.54 Å².